The Balaban J connectivity index is 2.26. The Labute approximate surface area is 88.9 Å². The summed E-state index contributed by atoms with van der Waals surface area (Å²) >= 11 is 0. The van der Waals surface area contributed by atoms with Crippen LogP contribution in [-0.2, 0) is 0 Å². The molecule has 0 radical (unpaired) electrons. The Hall–Kier alpha value is -1.76. The quantitative estimate of drug-likeness (QED) is 0.749. The molecule has 0 aromatic carbocycles. The number of aryl methyl sites for hydroxylation is 1. The highest BCUT2D eigenvalue weighted by Gasteiger charge is 2.10. The Morgan fingerprint density at radius 3 is 3.00 bits per heavy atom. The van der Waals surface area contributed by atoms with Crippen molar-refractivity contribution in [2.45, 2.75) is 26.2 Å². The van der Waals surface area contributed by atoms with Gasteiger partial charge in [0.25, 0.3) is 5.91 Å². The van der Waals surface area contributed by atoms with Gasteiger partial charge in [-0.1, -0.05) is 0 Å². The van der Waals surface area contributed by atoms with E-state index in [4.69, 9.17) is 9.68 Å². The van der Waals surface area contributed by atoms with Crippen LogP contribution >= 0.6 is 0 Å². The van der Waals surface area contributed by atoms with E-state index in [2.05, 4.69) is 11.4 Å². The minimum absolute atomic E-state index is 0.186. The van der Waals surface area contributed by atoms with Crippen molar-refractivity contribution in [3.05, 3.63) is 23.7 Å². The summed E-state index contributed by atoms with van der Waals surface area (Å²) in [5.41, 5.74) is 0.838. The van der Waals surface area contributed by atoms with Crippen LogP contribution in [0.25, 0.3) is 0 Å². The van der Waals surface area contributed by atoms with Crippen LogP contribution in [0.5, 0.6) is 0 Å². The predicted molar refractivity (Wildman–Crippen MR) is 55.2 cm³/mol. The lowest BCUT2D eigenvalue weighted by Gasteiger charge is -2.02. The van der Waals surface area contributed by atoms with Gasteiger partial charge >= 0.3 is 0 Å². The number of carbonyl (C=O) groups is 1. The van der Waals surface area contributed by atoms with E-state index < -0.39 is 0 Å². The van der Waals surface area contributed by atoms with Gasteiger partial charge in [-0.25, -0.2) is 0 Å². The molecule has 0 saturated carbocycles. The SMILES string of the molecule is Cc1ccoc1C(=O)NCCCCC#N. The van der Waals surface area contributed by atoms with Gasteiger partial charge in [0.05, 0.1) is 12.3 Å². The third-order valence-electron chi connectivity index (χ3n) is 2.07. The van der Waals surface area contributed by atoms with E-state index in [-0.39, 0.29) is 5.91 Å². The highest BCUT2D eigenvalue weighted by atomic mass is 16.3. The monoisotopic (exact) mass is 206 g/mol. The van der Waals surface area contributed by atoms with Crippen molar-refractivity contribution in [1.82, 2.24) is 5.32 Å². The summed E-state index contributed by atoms with van der Waals surface area (Å²) in [7, 11) is 0. The van der Waals surface area contributed by atoms with Crippen LogP contribution in [-0.4, -0.2) is 12.5 Å². The first-order valence-corrected chi connectivity index (χ1v) is 4.95. The number of furan rings is 1. The molecule has 0 fully saturated rings. The molecule has 0 atom stereocenters. The van der Waals surface area contributed by atoms with E-state index in [1.807, 2.05) is 6.92 Å². The summed E-state index contributed by atoms with van der Waals surface area (Å²) in [5, 5.41) is 11.1. The minimum Gasteiger partial charge on any atom is -0.459 e. The summed E-state index contributed by atoms with van der Waals surface area (Å²) in [5.74, 6) is 0.185. The van der Waals surface area contributed by atoms with Crippen molar-refractivity contribution >= 4 is 5.91 Å². The lowest BCUT2D eigenvalue weighted by atomic mass is 10.2. The molecule has 1 N–H and O–H groups in total. The molecule has 0 bridgehead atoms. The zero-order valence-electron chi connectivity index (χ0n) is 8.75. The van der Waals surface area contributed by atoms with E-state index in [0.29, 0.717) is 18.7 Å². The number of amides is 1. The zero-order chi connectivity index (χ0) is 11.1. The predicted octanol–water partition coefficient (Wildman–Crippen LogP) is 2.01. The molecule has 1 amide bonds. The number of nitrogens with zero attached hydrogens (tertiary/aromatic N) is 1. The van der Waals surface area contributed by atoms with Crippen molar-refractivity contribution in [1.29, 1.82) is 5.26 Å². The first-order chi connectivity index (χ1) is 7.25. The molecule has 0 aliphatic heterocycles. The molecular weight excluding hydrogens is 192 g/mol. The zero-order valence-corrected chi connectivity index (χ0v) is 8.75. The van der Waals surface area contributed by atoms with Gasteiger partial charge in [-0.3, -0.25) is 4.79 Å². The lowest BCUT2D eigenvalue weighted by molar-refractivity contribution is 0.0924. The lowest BCUT2D eigenvalue weighted by Crippen LogP contribution is -2.24. The average Bonchev–Trinajstić information content (AvgIpc) is 2.64. The summed E-state index contributed by atoms with van der Waals surface area (Å²) in [6.45, 7) is 2.41. The number of nitriles is 1. The molecule has 0 unspecified atom stereocenters. The molecule has 0 spiro atoms. The number of carbonyl (C=O) groups excluding carboxylic acids is 1. The third kappa shape index (κ3) is 3.47. The fourth-order valence-corrected chi connectivity index (χ4v) is 1.22. The minimum atomic E-state index is -0.186. The standard InChI is InChI=1S/C11H14N2O2/c1-9-5-8-15-10(9)11(14)13-7-4-2-3-6-12/h5,8H,2-4,7H2,1H3,(H,13,14). The summed E-state index contributed by atoms with van der Waals surface area (Å²) in [6.07, 6.45) is 3.67. The average molecular weight is 206 g/mol. The number of rotatable bonds is 5. The van der Waals surface area contributed by atoms with Gasteiger partial charge in [-0.2, -0.15) is 5.26 Å². The van der Waals surface area contributed by atoms with Crippen LogP contribution in [0.2, 0.25) is 0 Å². The second kappa shape index (κ2) is 5.86. The molecule has 0 saturated heterocycles. The molecule has 80 valence electrons. The van der Waals surface area contributed by atoms with Gasteiger partial charge in [0.2, 0.25) is 0 Å². The number of nitrogens with one attached hydrogen (secondary N) is 1. The summed E-state index contributed by atoms with van der Waals surface area (Å²) in [6, 6.07) is 3.82. The molecule has 1 rings (SSSR count). The van der Waals surface area contributed by atoms with Gasteiger partial charge < -0.3 is 9.73 Å². The van der Waals surface area contributed by atoms with Gasteiger partial charge in [0.1, 0.15) is 0 Å². The number of unbranched alkanes of at least 4 members (excludes halogenated alkanes) is 2. The van der Waals surface area contributed by atoms with Crippen molar-refractivity contribution < 1.29 is 9.21 Å². The Kier molecular flexibility index (Phi) is 4.42. The highest BCUT2D eigenvalue weighted by Crippen LogP contribution is 2.07. The molecule has 1 heterocycles. The molecule has 4 heteroatoms. The third-order valence-corrected chi connectivity index (χ3v) is 2.07. The maximum atomic E-state index is 11.5. The van der Waals surface area contributed by atoms with Crippen LogP contribution in [0.15, 0.2) is 16.7 Å². The second-order valence-corrected chi connectivity index (χ2v) is 3.30. The summed E-state index contributed by atoms with van der Waals surface area (Å²) < 4.78 is 5.04. The maximum absolute atomic E-state index is 11.5. The smallest absolute Gasteiger partial charge is 0.287 e. The molecule has 1 aromatic rings. The first kappa shape index (κ1) is 11.3. The molecule has 4 nitrogen and oxygen atoms in total. The molecular formula is C11H14N2O2. The molecule has 0 aliphatic rings. The molecule has 0 aliphatic carbocycles. The van der Waals surface area contributed by atoms with Gasteiger partial charge in [-0.05, 0) is 25.8 Å². The van der Waals surface area contributed by atoms with E-state index in [9.17, 15) is 4.79 Å². The molecule has 1 aromatic heterocycles. The van der Waals surface area contributed by atoms with Crippen molar-refractivity contribution in [3.63, 3.8) is 0 Å². The van der Waals surface area contributed by atoms with Gasteiger partial charge in [0, 0.05) is 18.5 Å². The van der Waals surface area contributed by atoms with E-state index in [1.54, 1.807) is 6.07 Å². The topological polar surface area (TPSA) is 66.0 Å². The van der Waals surface area contributed by atoms with Crippen LogP contribution in [0.3, 0.4) is 0 Å². The van der Waals surface area contributed by atoms with Gasteiger partial charge in [0.15, 0.2) is 5.76 Å². The number of hydrogen-bond acceptors (Lipinski definition) is 3. The normalized spacial score (nSPS) is 9.60. The van der Waals surface area contributed by atoms with E-state index in [1.165, 1.54) is 6.26 Å². The second-order valence-electron chi connectivity index (χ2n) is 3.30. The Morgan fingerprint density at radius 2 is 2.40 bits per heavy atom. The fraction of sp³-hybridized carbons (Fsp3) is 0.455. The van der Waals surface area contributed by atoms with E-state index >= 15 is 0 Å². The highest BCUT2D eigenvalue weighted by molar-refractivity contribution is 5.92. The number of hydrogen-bond donors (Lipinski definition) is 1. The Morgan fingerprint density at radius 1 is 1.60 bits per heavy atom. The summed E-state index contributed by atoms with van der Waals surface area (Å²) in [4.78, 5) is 11.5. The van der Waals surface area contributed by atoms with Crippen LogP contribution in [0.1, 0.15) is 35.4 Å². The van der Waals surface area contributed by atoms with E-state index in [0.717, 1.165) is 18.4 Å². The first-order valence-electron chi connectivity index (χ1n) is 4.95. The maximum Gasteiger partial charge on any atom is 0.287 e. The molecule has 15 heavy (non-hydrogen) atoms. The van der Waals surface area contributed by atoms with Crippen molar-refractivity contribution in [2.24, 2.45) is 0 Å². The fourth-order valence-electron chi connectivity index (χ4n) is 1.22. The van der Waals surface area contributed by atoms with Crippen molar-refractivity contribution in [3.8, 4) is 6.07 Å². The van der Waals surface area contributed by atoms with Crippen LogP contribution in [0, 0.1) is 18.3 Å². The van der Waals surface area contributed by atoms with Gasteiger partial charge in [-0.15, -0.1) is 0 Å². The van der Waals surface area contributed by atoms with Crippen molar-refractivity contribution in [2.75, 3.05) is 6.54 Å². The van der Waals surface area contributed by atoms with Crippen LogP contribution in [0.4, 0.5) is 0 Å². The Bertz CT molecular complexity index is 363. The van der Waals surface area contributed by atoms with Crippen LogP contribution < -0.4 is 5.32 Å². The largest absolute Gasteiger partial charge is 0.459 e.